The van der Waals surface area contributed by atoms with E-state index in [-0.39, 0.29) is 11.6 Å². The first-order valence-electron chi connectivity index (χ1n) is 9.08. The van der Waals surface area contributed by atoms with Gasteiger partial charge >= 0.3 is 0 Å². The maximum Gasteiger partial charge on any atom is 0.255 e. The highest BCUT2D eigenvalue weighted by Crippen LogP contribution is 2.30. The summed E-state index contributed by atoms with van der Waals surface area (Å²) in [5.74, 6) is 0.643. The zero-order chi connectivity index (χ0) is 16.5. The van der Waals surface area contributed by atoms with Gasteiger partial charge in [-0.3, -0.25) is 9.36 Å². The lowest BCUT2D eigenvalue weighted by Crippen LogP contribution is -2.35. The van der Waals surface area contributed by atoms with Crippen LogP contribution in [-0.2, 0) is 0 Å². The van der Waals surface area contributed by atoms with E-state index in [1.807, 2.05) is 23.8 Å². The lowest BCUT2D eigenvalue weighted by Gasteiger charge is -2.24. The van der Waals surface area contributed by atoms with Gasteiger partial charge in [-0.25, -0.2) is 4.98 Å². The van der Waals surface area contributed by atoms with Crippen molar-refractivity contribution < 1.29 is 0 Å². The van der Waals surface area contributed by atoms with Gasteiger partial charge in [0.1, 0.15) is 5.65 Å². The summed E-state index contributed by atoms with van der Waals surface area (Å²) in [5.41, 5.74) is 1.65. The molecule has 128 valence electrons. The average molecular weight is 327 g/mol. The summed E-state index contributed by atoms with van der Waals surface area (Å²) in [4.78, 5) is 22.0. The predicted molar refractivity (Wildman–Crippen MR) is 95.6 cm³/mol. The third-order valence-corrected chi connectivity index (χ3v) is 5.31. The van der Waals surface area contributed by atoms with Crippen molar-refractivity contribution >= 4 is 17.0 Å². The maximum absolute atomic E-state index is 12.7. The minimum Gasteiger partial charge on any atom is -0.351 e. The second-order valence-corrected chi connectivity index (χ2v) is 7.08. The van der Waals surface area contributed by atoms with E-state index in [2.05, 4.69) is 15.6 Å². The van der Waals surface area contributed by atoms with Crippen molar-refractivity contribution in [3.8, 4) is 0 Å². The van der Waals surface area contributed by atoms with E-state index in [0.717, 1.165) is 55.4 Å². The van der Waals surface area contributed by atoms with Gasteiger partial charge in [0.05, 0.1) is 0 Å². The molecule has 1 aliphatic heterocycles. The molecular weight excluding hydrogens is 302 g/mol. The monoisotopic (exact) mass is 327 g/mol. The van der Waals surface area contributed by atoms with E-state index in [0.29, 0.717) is 12.0 Å². The van der Waals surface area contributed by atoms with Gasteiger partial charge in [0, 0.05) is 29.2 Å². The van der Waals surface area contributed by atoms with Crippen molar-refractivity contribution in [2.24, 2.45) is 0 Å². The fourth-order valence-electron chi connectivity index (χ4n) is 3.98. The summed E-state index contributed by atoms with van der Waals surface area (Å²) in [6.07, 6.45) is 8.52. The van der Waals surface area contributed by atoms with Crippen LogP contribution < -0.4 is 16.2 Å². The fraction of sp³-hybridized carbons (Fsp3) is 0.611. The molecule has 2 aromatic heterocycles. The number of piperidine rings is 1. The number of nitrogens with zero attached hydrogens (tertiary/aromatic N) is 3. The highest BCUT2D eigenvalue weighted by molar-refractivity contribution is 5.76. The number of aromatic nitrogens is 3. The lowest BCUT2D eigenvalue weighted by atomic mass is 10.1. The van der Waals surface area contributed by atoms with Crippen molar-refractivity contribution in [2.45, 2.75) is 57.5 Å². The molecule has 4 rings (SSSR count). The third-order valence-electron chi connectivity index (χ3n) is 5.31. The standard InChI is InChI=1S/C18H25N5O/c1-12-10-13-11-20-18(21-14-6-8-19-9-7-14)22-16(13)23(17(12)24)15-4-2-3-5-15/h10-11,14-15,19H,2-9H2,1H3,(H,20,21,22). The van der Waals surface area contributed by atoms with E-state index in [1.54, 1.807) is 0 Å². The zero-order valence-electron chi connectivity index (χ0n) is 14.2. The smallest absolute Gasteiger partial charge is 0.255 e. The van der Waals surface area contributed by atoms with Crippen LogP contribution in [0.3, 0.4) is 0 Å². The largest absolute Gasteiger partial charge is 0.351 e. The molecule has 6 nitrogen and oxygen atoms in total. The Kier molecular flexibility index (Phi) is 4.22. The molecule has 0 bridgehead atoms. The first-order chi connectivity index (χ1) is 11.7. The van der Waals surface area contributed by atoms with E-state index in [4.69, 9.17) is 4.98 Å². The molecule has 0 amide bonds. The number of hydrogen-bond acceptors (Lipinski definition) is 5. The second kappa shape index (κ2) is 6.51. The Hall–Kier alpha value is -1.95. The first kappa shape index (κ1) is 15.6. The fourth-order valence-corrected chi connectivity index (χ4v) is 3.98. The van der Waals surface area contributed by atoms with E-state index >= 15 is 0 Å². The Morgan fingerprint density at radius 3 is 2.71 bits per heavy atom. The Labute approximate surface area is 141 Å². The molecule has 0 atom stereocenters. The minimum atomic E-state index is 0.0981. The molecule has 2 aliphatic rings. The van der Waals surface area contributed by atoms with E-state index < -0.39 is 0 Å². The summed E-state index contributed by atoms with van der Waals surface area (Å²) in [6, 6.07) is 2.60. The van der Waals surface area contributed by atoms with Gasteiger partial charge in [0.15, 0.2) is 0 Å². The molecule has 0 aromatic carbocycles. The number of pyridine rings is 1. The minimum absolute atomic E-state index is 0.0981. The van der Waals surface area contributed by atoms with Crippen molar-refractivity contribution in [3.63, 3.8) is 0 Å². The van der Waals surface area contributed by atoms with Gasteiger partial charge in [0.2, 0.25) is 5.95 Å². The molecule has 3 heterocycles. The third kappa shape index (κ3) is 2.90. The Bertz CT molecular complexity index is 788. The number of aryl methyl sites for hydroxylation is 1. The van der Waals surface area contributed by atoms with Gasteiger partial charge < -0.3 is 10.6 Å². The van der Waals surface area contributed by atoms with Crippen LogP contribution in [0.1, 0.15) is 50.1 Å². The highest BCUT2D eigenvalue weighted by Gasteiger charge is 2.22. The molecule has 1 saturated carbocycles. The Balaban J connectivity index is 1.75. The first-order valence-corrected chi connectivity index (χ1v) is 9.08. The van der Waals surface area contributed by atoms with Crippen molar-refractivity contribution in [1.82, 2.24) is 19.9 Å². The summed E-state index contributed by atoms with van der Waals surface area (Å²) >= 11 is 0. The Morgan fingerprint density at radius 1 is 1.21 bits per heavy atom. The molecule has 0 spiro atoms. The van der Waals surface area contributed by atoms with Gasteiger partial charge in [-0.1, -0.05) is 12.8 Å². The second-order valence-electron chi connectivity index (χ2n) is 7.08. The predicted octanol–water partition coefficient (Wildman–Crippen LogP) is 2.38. The van der Waals surface area contributed by atoms with Crippen LogP contribution in [0.15, 0.2) is 17.1 Å². The van der Waals surface area contributed by atoms with Gasteiger partial charge in [-0.2, -0.15) is 4.98 Å². The lowest BCUT2D eigenvalue weighted by molar-refractivity contribution is 0.477. The van der Waals surface area contributed by atoms with Crippen LogP contribution >= 0.6 is 0 Å². The quantitative estimate of drug-likeness (QED) is 0.905. The van der Waals surface area contributed by atoms with Crippen LogP contribution in [-0.4, -0.2) is 33.7 Å². The number of hydrogen-bond donors (Lipinski definition) is 2. The molecule has 2 aromatic rings. The Morgan fingerprint density at radius 2 is 1.96 bits per heavy atom. The van der Waals surface area contributed by atoms with E-state index in [1.165, 1.54) is 12.8 Å². The van der Waals surface area contributed by atoms with Crippen LogP contribution in [0.4, 0.5) is 5.95 Å². The SMILES string of the molecule is Cc1cc2cnc(NC3CCNCC3)nc2n(C2CCCC2)c1=O. The summed E-state index contributed by atoms with van der Waals surface area (Å²) in [7, 11) is 0. The summed E-state index contributed by atoms with van der Waals surface area (Å²) in [6.45, 7) is 3.93. The van der Waals surface area contributed by atoms with Crippen molar-refractivity contribution in [3.05, 3.63) is 28.2 Å². The van der Waals surface area contributed by atoms with Crippen LogP contribution in [0, 0.1) is 6.92 Å². The summed E-state index contributed by atoms with van der Waals surface area (Å²) in [5, 5.41) is 7.76. The average Bonchev–Trinajstić information content (AvgIpc) is 3.11. The molecule has 1 saturated heterocycles. The number of anilines is 1. The molecule has 0 unspecified atom stereocenters. The van der Waals surface area contributed by atoms with Crippen molar-refractivity contribution in [2.75, 3.05) is 18.4 Å². The van der Waals surface area contributed by atoms with Crippen LogP contribution in [0.2, 0.25) is 0 Å². The van der Waals surface area contributed by atoms with Gasteiger partial charge in [-0.15, -0.1) is 0 Å². The molecule has 2 fully saturated rings. The molecular formula is C18H25N5O. The molecule has 0 radical (unpaired) electrons. The van der Waals surface area contributed by atoms with Gasteiger partial charge in [-0.05, 0) is 51.8 Å². The van der Waals surface area contributed by atoms with Gasteiger partial charge in [0.25, 0.3) is 5.56 Å². The van der Waals surface area contributed by atoms with Crippen LogP contribution in [0.5, 0.6) is 0 Å². The number of rotatable bonds is 3. The normalized spacial score (nSPS) is 19.9. The zero-order valence-corrected chi connectivity index (χ0v) is 14.2. The highest BCUT2D eigenvalue weighted by atomic mass is 16.1. The topological polar surface area (TPSA) is 71.8 Å². The maximum atomic E-state index is 12.7. The molecule has 2 N–H and O–H groups in total. The van der Waals surface area contributed by atoms with Crippen molar-refractivity contribution in [1.29, 1.82) is 0 Å². The van der Waals surface area contributed by atoms with E-state index in [9.17, 15) is 4.79 Å². The summed E-state index contributed by atoms with van der Waals surface area (Å²) < 4.78 is 1.92. The van der Waals surface area contributed by atoms with Crippen LogP contribution in [0.25, 0.3) is 11.0 Å². The molecule has 24 heavy (non-hydrogen) atoms. The molecule has 1 aliphatic carbocycles. The number of nitrogens with one attached hydrogen (secondary N) is 2. The molecule has 6 heteroatoms. The number of fused-ring (bicyclic) bond motifs is 1.